The van der Waals surface area contributed by atoms with Gasteiger partial charge in [0.05, 0.1) is 11.3 Å². The molecule has 126 valence electrons. The zero-order chi connectivity index (χ0) is 17.4. The van der Waals surface area contributed by atoms with Crippen molar-refractivity contribution in [3.05, 3.63) is 47.5 Å². The summed E-state index contributed by atoms with van der Waals surface area (Å²) in [5.41, 5.74) is 14.9. The van der Waals surface area contributed by atoms with Gasteiger partial charge in [0.25, 0.3) is 0 Å². The van der Waals surface area contributed by atoms with Gasteiger partial charge in [0.2, 0.25) is 5.95 Å². The molecule has 1 aliphatic rings. The Balaban J connectivity index is 1.92. The van der Waals surface area contributed by atoms with Crippen LogP contribution in [0, 0.1) is 0 Å². The third-order valence-corrected chi connectivity index (χ3v) is 4.12. The topological polar surface area (TPSA) is 96.3 Å². The molecule has 0 bridgehead atoms. The second-order valence-electron chi connectivity index (χ2n) is 5.56. The molecule has 0 radical (unpaired) electrons. The van der Waals surface area contributed by atoms with Gasteiger partial charge in [0.1, 0.15) is 19.0 Å². The van der Waals surface area contributed by atoms with Gasteiger partial charge < -0.3 is 20.9 Å². The molecule has 0 unspecified atom stereocenters. The van der Waals surface area contributed by atoms with Crippen molar-refractivity contribution in [1.82, 2.24) is 9.97 Å². The van der Waals surface area contributed by atoms with E-state index in [2.05, 4.69) is 9.97 Å². The van der Waals surface area contributed by atoms with Crippen molar-refractivity contribution in [3.63, 3.8) is 0 Å². The molecule has 7 heteroatoms. The predicted molar refractivity (Wildman–Crippen MR) is 97.7 cm³/mol. The van der Waals surface area contributed by atoms with Crippen LogP contribution in [0.1, 0.15) is 0 Å². The zero-order valence-electron chi connectivity index (χ0n) is 13.2. The summed E-state index contributed by atoms with van der Waals surface area (Å²) in [6.45, 7) is 1.04. The van der Waals surface area contributed by atoms with Crippen LogP contribution in [0.4, 0.5) is 11.8 Å². The van der Waals surface area contributed by atoms with E-state index in [-0.39, 0.29) is 5.95 Å². The van der Waals surface area contributed by atoms with Crippen molar-refractivity contribution in [3.8, 4) is 33.9 Å². The number of nitrogens with two attached hydrogens (primary N) is 2. The molecule has 0 fully saturated rings. The molecule has 0 saturated carbocycles. The minimum atomic E-state index is 0.105. The smallest absolute Gasteiger partial charge is 0.222 e. The van der Waals surface area contributed by atoms with Gasteiger partial charge in [-0.2, -0.15) is 4.98 Å². The number of hydrogen-bond acceptors (Lipinski definition) is 6. The fourth-order valence-corrected chi connectivity index (χ4v) is 3.01. The molecule has 6 nitrogen and oxygen atoms in total. The lowest BCUT2D eigenvalue weighted by Crippen LogP contribution is -2.15. The highest BCUT2D eigenvalue weighted by Gasteiger charge is 2.19. The quantitative estimate of drug-likeness (QED) is 0.732. The second-order valence-corrected chi connectivity index (χ2v) is 6.00. The first-order chi connectivity index (χ1) is 12.1. The molecule has 2 aromatic carbocycles. The number of ether oxygens (including phenoxy) is 2. The Hall–Kier alpha value is -2.99. The highest BCUT2D eigenvalue weighted by atomic mass is 35.5. The largest absolute Gasteiger partial charge is 0.486 e. The summed E-state index contributed by atoms with van der Waals surface area (Å²) in [6.07, 6.45) is 0. The van der Waals surface area contributed by atoms with Crippen LogP contribution >= 0.6 is 11.6 Å². The number of nitrogen functional groups attached to an aromatic ring is 2. The van der Waals surface area contributed by atoms with Crippen molar-refractivity contribution in [2.75, 3.05) is 24.7 Å². The van der Waals surface area contributed by atoms with E-state index in [9.17, 15) is 0 Å². The molecular formula is C18H15ClN4O2. The second kappa shape index (κ2) is 6.14. The summed E-state index contributed by atoms with van der Waals surface area (Å²) >= 11 is 6.13. The van der Waals surface area contributed by atoms with E-state index in [0.29, 0.717) is 46.8 Å². The molecule has 4 N–H and O–H groups in total. The molecule has 1 aromatic heterocycles. The number of aromatic nitrogens is 2. The lowest BCUT2D eigenvalue weighted by molar-refractivity contribution is 0.171. The first kappa shape index (κ1) is 15.5. The van der Waals surface area contributed by atoms with Crippen LogP contribution in [-0.2, 0) is 0 Å². The Morgan fingerprint density at radius 1 is 0.880 bits per heavy atom. The third kappa shape index (κ3) is 2.92. The number of anilines is 2. The van der Waals surface area contributed by atoms with Crippen LogP contribution in [0.5, 0.6) is 11.5 Å². The summed E-state index contributed by atoms with van der Waals surface area (Å²) in [7, 11) is 0. The minimum Gasteiger partial charge on any atom is -0.486 e. The fourth-order valence-electron chi connectivity index (χ4n) is 2.82. The monoisotopic (exact) mass is 354 g/mol. The van der Waals surface area contributed by atoms with E-state index < -0.39 is 0 Å². The number of hydrogen-bond donors (Lipinski definition) is 2. The van der Waals surface area contributed by atoms with E-state index in [1.54, 1.807) is 6.07 Å². The van der Waals surface area contributed by atoms with Crippen LogP contribution in [0.25, 0.3) is 22.4 Å². The third-order valence-electron chi connectivity index (χ3n) is 3.88. The molecule has 0 atom stereocenters. The number of rotatable bonds is 2. The lowest BCUT2D eigenvalue weighted by atomic mass is 9.99. The molecule has 0 aliphatic carbocycles. The van der Waals surface area contributed by atoms with Crippen molar-refractivity contribution in [2.45, 2.75) is 0 Å². The maximum atomic E-state index is 6.15. The highest BCUT2D eigenvalue weighted by Crippen LogP contribution is 2.39. The van der Waals surface area contributed by atoms with Crippen molar-refractivity contribution in [2.24, 2.45) is 0 Å². The van der Waals surface area contributed by atoms with Crippen LogP contribution in [0.3, 0.4) is 0 Å². The normalized spacial score (nSPS) is 12.8. The maximum Gasteiger partial charge on any atom is 0.222 e. The van der Waals surface area contributed by atoms with Gasteiger partial charge >= 0.3 is 0 Å². The molecule has 0 amide bonds. The maximum absolute atomic E-state index is 6.15. The van der Waals surface area contributed by atoms with Crippen LogP contribution in [-0.4, -0.2) is 23.2 Å². The van der Waals surface area contributed by atoms with Gasteiger partial charge in [-0.1, -0.05) is 23.7 Å². The summed E-state index contributed by atoms with van der Waals surface area (Å²) in [4.78, 5) is 8.51. The van der Waals surface area contributed by atoms with Crippen LogP contribution < -0.4 is 20.9 Å². The lowest BCUT2D eigenvalue weighted by Gasteiger charge is -2.19. The predicted octanol–water partition coefficient (Wildman–Crippen LogP) is 3.40. The van der Waals surface area contributed by atoms with E-state index in [4.69, 9.17) is 32.5 Å². The van der Waals surface area contributed by atoms with Gasteiger partial charge in [-0.05, 0) is 35.9 Å². The first-order valence-electron chi connectivity index (χ1n) is 7.71. The summed E-state index contributed by atoms with van der Waals surface area (Å²) in [6, 6.07) is 13.0. The summed E-state index contributed by atoms with van der Waals surface area (Å²) < 4.78 is 11.2. The number of fused-ring (bicyclic) bond motifs is 1. The zero-order valence-corrected chi connectivity index (χ0v) is 14.0. The van der Waals surface area contributed by atoms with Crippen molar-refractivity contribution >= 4 is 23.4 Å². The Labute approximate surface area is 149 Å². The Morgan fingerprint density at radius 3 is 2.48 bits per heavy atom. The van der Waals surface area contributed by atoms with E-state index in [1.807, 2.05) is 36.4 Å². The standard InChI is InChI=1S/C18H15ClN4O2/c19-12-3-1-2-10(8-12)15-16(22-18(21)23-17(15)20)11-4-5-13-14(9-11)25-7-6-24-13/h1-5,8-9H,6-7H2,(H4,20,21,22,23). The molecule has 1 aliphatic heterocycles. The van der Waals surface area contributed by atoms with Crippen molar-refractivity contribution < 1.29 is 9.47 Å². The highest BCUT2D eigenvalue weighted by molar-refractivity contribution is 6.30. The summed E-state index contributed by atoms with van der Waals surface area (Å²) in [5, 5.41) is 0.599. The molecule has 4 rings (SSSR count). The number of benzene rings is 2. The van der Waals surface area contributed by atoms with E-state index in [0.717, 1.165) is 11.1 Å². The van der Waals surface area contributed by atoms with Crippen molar-refractivity contribution in [1.29, 1.82) is 0 Å². The first-order valence-corrected chi connectivity index (χ1v) is 8.08. The van der Waals surface area contributed by atoms with Crippen LogP contribution in [0.2, 0.25) is 5.02 Å². The number of nitrogens with zero attached hydrogens (tertiary/aromatic N) is 2. The summed E-state index contributed by atoms with van der Waals surface area (Å²) in [5.74, 6) is 1.76. The van der Waals surface area contributed by atoms with Gasteiger partial charge in [-0.25, -0.2) is 4.98 Å². The van der Waals surface area contributed by atoms with Gasteiger partial charge in [-0.3, -0.25) is 0 Å². The molecule has 0 saturated heterocycles. The molecule has 25 heavy (non-hydrogen) atoms. The van der Waals surface area contributed by atoms with Gasteiger partial charge in [0.15, 0.2) is 11.5 Å². The van der Waals surface area contributed by atoms with E-state index >= 15 is 0 Å². The van der Waals surface area contributed by atoms with Gasteiger partial charge in [0, 0.05) is 10.6 Å². The Bertz CT molecular complexity index is 962. The fraction of sp³-hybridized carbons (Fsp3) is 0.111. The molecule has 2 heterocycles. The molecular weight excluding hydrogens is 340 g/mol. The van der Waals surface area contributed by atoms with Gasteiger partial charge in [-0.15, -0.1) is 0 Å². The van der Waals surface area contributed by atoms with E-state index in [1.165, 1.54) is 0 Å². The SMILES string of the molecule is Nc1nc(N)c(-c2cccc(Cl)c2)c(-c2ccc3c(c2)OCCO3)n1. The minimum absolute atomic E-state index is 0.105. The average Bonchev–Trinajstić information content (AvgIpc) is 2.60. The number of halogens is 1. The Morgan fingerprint density at radius 2 is 1.68 bits per heavy atom. The van der Waals surface area contributed by atoms with Crippen LogP contribution in [0.15, 0.2) is 42.5 Å². The Kier molecular flexibility index (Phi) is 3.82. The molecule has 0 spiro atoms. The molecule has 3 aromatic rings. The average molecular weight is 355 g/mol.